The monoisotopic (exact) mass is 365 g/mol. The van der Waals surface area contributed by atoms with E-state index in [1.54, 1.807) is 0 Å². The average molecular weight is 366 g/mol. The highest BCUT2D eigenvalue weighted by Crippen LogP contribution is 2.33. The molecule has 2 heterocycles. The third-order valence-corrected chi connectivity index (χ3v) is 3.80. The summed E-state index contributed by atoms with van der Waals surface area (Å²) >= 11 is 6.07. The van der Waals surface area contributed by atoms with Gasteiger partial charge in [-0.3, -0.25) is 4.40 Å². The van der Waals surface area contributed by atoms with Crippen molar-refractivity contribution in [3.05, 3.63) is 22.8 Å². The molecule has 0 aliphatic heterocycles. The number of halogens is 7. The molecular weight excluding hydrogens is 360 g/mol. The van der Waals surface area contributed by atoms with E-state index >= 15 is 0 Å². The number of rotatable bonds is 3. The van der Waals surface area contributed by atoms with E-state index in [0.29, 0.717) is 24.0 Å². The number of fused-ring (bicyclic) bond motifs is 1. The summed E-state index contributed by atoms with van der Waals surface area (Å²) in [5, 5.41) is 15.3. The van der Waals surface area contributed by atoms with Gasteiger partial charge in [0.25, 0.3) is 0 Å². The summed E-state index contributed by atoms with van der Waals surface area (Å²) in [4.78, 5) is 0. The van der Waals surface area contributed by atoms with Crippen molar-refractivity contribution in [2.75, 3.05) is 5.75 Å². The molecule has 0 radical (unpaired) electrons. The first-order valence-corrected chi connectivity index (χ1v) is 6.85. The Hall–Kier alpha value is -1.20. The van der Waals surface area contributed by atoms with E-state index in [0.717, 1.165) is 4.40 Å². The summed E-state index contributed by atoms with van der Waals surface area (Å²) in [6, 6.07) is 0.643. The lowest BCUT2D eigenvalue weighted by Gasteiger charge is -2.13. The molecular formula is C10H6ClF6N3OS. The van der Waals surface area contributed by atoms with Gasteiger partial charge in [0.15, 0.2) is 16.9 Å². The maximum absolute atomic E-state index is 12.7. The highest BCUT2D eigenvalue weighted by molar-refractivity contribution is 7.99. The van der Waals surface area contributed by atoms with Gasteiger partial charge in [-0.2, -0.15) is 26.3 Å². The highest BCUT2D eigenvalue weighted by atomic mass is 35.5. The second-order valence-electron chi connectivity index (χ2n) is 4.12. The van der Waals surface area contributed by atoms with Crippen LogP contribution in [0.15, 0.2) is 17.4 Å². The Morgan fingerprint density at radius 3 is 2.41 bits per heavy atom. The van der Waals surface area contributed by atoms with E-state index in [1.165, 1.54) is 0 Å². The van der Waals surface area contributed by atoms with Crippen LogP contribution in [0, 0.1) is 0 Å². The lowest BCUT2D eigenvalue weighted by molar-refractivity contribution is -0.195. The van der Waals surface area contributed by atoms with Gasteiger partial charge in [0.1, 0.15) is 0 Å². The van der Waals surface area contributed by atoms with Crippen LogP contribution in [-0.4, -0.2) is 37.7 Å². The zero-order chi connectivity index (χ0) is 16.7. The Bertz CT molecular complexity index is 686. The Morgan fingerprint density at radius 2 is 1.86 bits per heavy atom. The van der Waals surface area contributed by atoms with Gasteiger partial charge >= 0.3 is 12.4 Å². The molecule has 1 atom stereocenters. The lowest BCUT2D eigenvalue weighted by atomic mass is 10.3. The van der Waals surface area contributed by atoms with E-state index in [-0.39, 0.29) is 15.8 Å². The van der Waals surface area contributed by atoms with Crippen LogP contribution in [-0.2, 0) is 6.18 Å². The fourth-order valence-corrected chi connectivity index (χ4v) is 2.55. The van der Waals surface area contributed by atoms with Crippen molar-refractivity contribution in [2.24, 2.45) is 0 Å². The number of nitrogens with zero attached hydrogens (tertiary/aromatic N) is 3. The van der Waals surface area contributed by atoms with Crippen LogP contribution in [0.2, 0.25) is 5.02 Å². The van der Waals surface area contributed by atoms with Crippen molar-refractivity contribution in [1.29, 1.82) is 0 Å². The van der Waals surface area contributed by atoms with Gasteiger partial charge in [0.05, 0.1) is 10.6 Å². The van der Waals surface area contributed by atoms with E-state index in [9.17, 15) is 26.3 Å². The summed E-state index contributed by atoms with van der Waals surface area (Å²) in [7, 11) is 0. The first-order chi connectivity index (χ1) is 10.00. The smallest absolute Gasteiger partial charge is 0.383 e. The Balaban J connectivity index is 2.34. The first-order valence-electron chi connectivity index (χ1n) is 5.49. The van der Waals surface area contributed by atoms with Gasteiger partial charge in [-0.15, -0.1) is 10.2 Å². The van der Waals surface area contributed by atoms with Crippen molar-refractivity contribution in [3.63, 3.8) is 0 Å². The number of hydrogen-bond donors (Lipinski definition) is 1. The van der Waals surface area contributed by atoms with Gasteiger partial charge in [0.2, 0.25) is 0 Å². The molecule has 0 spiro atoms. The lowest BCUT2D eigenvalue weighted by Crippen LogP contribution is -2.30. The van der Waals surface area contributed by atoms with Crippen LogP contribution in [0.5, 0.6) is 0 Å². The minimum absolute atomic E-state index is 0.126. The fourth-order valence-electron chi connectivity index (χ4n) is 1.44. The quantitative estimate of drug-likeness (QED) is 0.669. The third kappa shape index (κ3) is 3.58. The van der Waals surface area contributed by atoms with Crippen molar-refractivity contribution >= 4 is 29.0 Å². The number of aliphatic hydroxyl groups excluding tert-OH is 1. The Labute approximate surface area is 128 Å². The van der Waals surface area contributed by atoms with Gasteiger partial charge in [-0.1, -0.05) is 23.4 Å². The van der Waals surface area contributed by atoms with E-state index in [4.69, 9.17) is 16.7 Å². The maximum Gasteiger partial charge on any atom is 0.417 e. The molecule has 1 unspecified atom stereocenters. The minimum atomic E-state index is -4.83. The molecule has 4 nitrogen and oxygen atoms in total. The topological polar surface area (TPSA) is 50.4 Å². The molecule has 2 rings (SSSR count). The standard InChI is InChI=1S/C10H6ClF6N3OS/c11-5-1-4(9(12,13)14)2-20-7(5)18-19-8(20)22-3-6(21)10(15,16)17/h1-2,6,21H,3H2. The molecule has 0 bridgehead atoms. The van der Waals surface area contributed by atoms with Crippen LogP contribution < -0.4 is 0 Å². The molecule has 22 heavy (non-hydrogen) atoms. The summed E-state index contributed by atoms with van der Waals surface area (Å²) in [5.41, 5.74) is -1.22. The molecule has 122 valence electrons. The average Bonchev–Trinajstić information content (AvgIpc) is 2.77. The zero-order valence-corrected chi connectivity index (χ0v) is 11.9. The summed E-state index contributed by atoms with van der Waals surface area (Å²) in [5.74, 6) is -0.835. The third-order valence-electron chi connectivity index (χ3n) is 2.50. The van der Waals surface area contributed by atoms with Gasteiger partial charge in [0, 0.05) is 11.9 Å². The molecule has 0 fully saturated rings. The van der Waals surface area contributed by atoms with Crippen molar-refractivity contribution in [1.82, 2.24) is 14.6 Å². The van der Waals surface area contributed by atoms with Crippen molar-refractivity contribution < 1.29 is 31.4 Å². The fraction of sp³-hybridized carbons (Fsp3) is 0.400. The molecule has 0 aromatic carbocycles. The van der Waals surface area contributed by atoms with Crippen LogP contribution in [0.4, 0.5) is 26.3 Å². The van der Waals surface area contributed by atoms with Crippen LogP contribution in [0.1, 0.15) is 5.56 Å². The molecule has 12 heteroatoms. The molecule has 0 saturated heterocycles. The number of thioether (sulfide) groups is 1. The van der Waals surface area contributed by atoms with E-state index in [1.807, 2.05) is 0 Å². The Morgan fingerprint density at radius 1 is 1.23 bits per heavy atom. The number of hydrogen-bond acceptors (Lipinski definition) is 4. The molecule has 0 saturated carbocycles. The Kier molecular flexibility index (Phi) is 4.51. The number of aromatic nitrogens is 3. The predicted octanol–water partition coefficient (Wildman–Crippen LogP) is 3.42. The molecule has 2 aromatic rings. The normalized spacial score (nSPS) is 14.5. The van der Waals surface area contributed by atoms with Gasteiger partial charge < -0.3 is 5.11 Å². The molecule has 1 N–H and O–H groups in total. The number of aliphatic hydroxyl groups is 1. The zero-order valence-electron chi connectivity index (χ0n) is 10.3. The summed E-state index contributed by atoms with van der Waals surface area (Å²) in [6.45, 7) is 0. The van der Waals surface area contributed by atoms with Gasteiger partial charge in [-0.25, -0.2) is 0 Å². The maximum atomic E-state index is 12.7. The van der Waals surface area contributed by atoms with Crippen molar-refractivity contribution in [3.8, 4) is 0 Å². The summed E-state index contributed by atoms with van der Waals surface area (Å²) < 4.78 is 75.5. The van der Waals surface area contributed by atoms with Crippen LogP contribution in [0.25, 0.3) is 5.65 Å². The second kappa shape index (κ2) is 5.78. The second-order valence-corrected chi connectivity index (χ2v) is 5.51. The SMILES string of the molecule is OC(CSc1nnc2c(Cl)cc(C(F)(F)F)cn12)C(F)(F)F. The molecule has 0 amide bonds. The largest absolute Gasteiger partial charge is 0.417 e. The minimum Gasteiger partial charge on any atom is -0.383 e. The molecule has 2 aromatic heterocycles. The number of pyridine rings is 1. The predicted molar refractivity (Wildman–Crippen MR) is 65.8 cm³/mol. The first kappa shape index (κ1) is 17.2. The van der Waals surface area contributed by atoms with E-state index in [2.05, 4.69) is 10.2 Å². The summed E-state index contributed by atoms with van der Waals surface area (Å²) in [6.07, 6.45) is -11.5. The van der Waals surface area contributed by atoms with Gasteiger partial charge in [-0.05, 0) is 6.07 Å². The van der Waals surface area contributed by atoms with Crippen molar-refractivity contribution in [2.45, 2.75) is 23.6 Å². The molecule has 0 aliphatic carbocycles. The van der Waals surface area contributed by atoms with Crippen LogP contribution in [0.3, 0.4) is 0 Å². The highest BCUT2D eigenvalue weighted by Gasteiger charge is 2.38. The van der Waals surface area contributed by atoms with E-state index < -0.39 is 29.8 Å². The van der Waals surface area contributed by atoms with Crippen LogP contribution >= 0.6 is 23.4 Å². The number of alkyl halides is 6. The molecule has 0 aliphatic rings.